The van der Waals surface area contributed by atoms with Gasteiger partial charge >= 0.3 is 0 Å². The van der Waals surface area contributed by atoms with Gasteiger partial charge in [-0.3, -0.25) is 9.59 Å². The molecule has 8 nitrogen and oxygen atoms in total. The van der Waals surface area contributed by atoms with Crippen molar-refractivity contribution in [2.45, 2.75) is 24.2 Å². The molecule has 1 heterocycles. The molecule has 10 heteroatoms. The van der Waals surface area contributed by atoms with Gasteiger partial charge in [0.2, 0.25) is 15.9 Å². The predicted molar refractivity (Wildman–Crippen MR) is 121 cm³/mol. The Morgan fingerprint density at radius 1 is 1.15 bits per heavy atom. The molecule has 0 aliphatic carbocycles. The molecule has 0 unspecified atom stereocenters. The van der Waals surface area contributed by atoms with E-state index in [9.17, 15) is 22.4 Å². The first kappa shape index (κ1) is 24.7. The number of carbonyl (C=O) groups excluding carboxylic acids is 2. The van der Waals surface area contributed by atoms with Crippen LogP contribution in [0.15, 0.2) is 47.4 Å². The maximum atomic E-state index is 13.7. The summed E-state index contributed by atoms with van der Waals surface area (Å²) < 4.78 is 45.6. The first-order valence-electron chi connectivity index (χ1n) is 10.7. The fraction of sp³-hybridized carbons (Fsp3) is 0.391. The maximum absolute atomic E-state index is 13.7. The van der Waals surface area contributed by atoms with Gasteiger partial charge in [-0.25, -0.2) is 17.5 Å². The molecule has 0 atom stereocenters. The second-order valence-corrected chi connectivity index (χ2v) is 9.63. The fourth-order valence-electron chi connectivity index (χ4n) is 3.82. The highest BCUT2D eigenvalue weighted by atomic mass is 32.2. The molecule has 1 saturated heterocycles. The SMILES string of the molecule is CNS(=O)(=O)c1cc(C(=O)N2CCC(C(=O)NCCc3ccccc3F)CC2)ccc1OC. The van der Waals surface area contributed by atoms with Crippen molar-refractivity contribution in [3.8, 4) is 5.75 Å². The molecule has 3 rings (SSSR count). The van der Waals surface area contributed by atoms with Crippen LogP contribution in [0.1, 0.15) is 28.8 Å². The van der Waals surface area contributed by atoms with Crippen molar-refractivity contribution < 1.29 is 27.1 Å². The van der Waals surface area contributed by atoms with Crippen molar-refractivity contribution in [3.63, 3.8) is 0 Å². The lowest BCUT2D eigenvalue weighted by molar-refractivity contribution is -0.126. The molecule has 178 valence electrons. The highest BCUT2D eigenvalue weighted by Crippen LogP contribution is 2.26. The van der Waals surface area contributed by atoms with E-state index in [-0.39, 0.29) is 39.8 Å². The standard InChI is InChI=1S/C23H28FN3O5S/c1-25-33(30,31)21-15-18(7-8-20(21)32-2)23(29)27-13-10-17(11-14-27)22(28)26-12-9-16-5-3-4-6-19(16)24/h3-8,15,17,25H,9-14H2,1-2H3,(H,26,28). The van der Waals surface area contributed by atoms with Gasteiger partial charge in [0.1, 0.15) is 16.5 Å². The first-order valence-corrected chi connectivity index (χ1v) is 12.2. The number of nitrogens with one attached hydrogen (secondary N) is 2. The zero-order valence-electron chi connectivity index (χ0n) is 18.6. The van der Waals surface area contributed by atoms with Crippen LogP contribution in [0.25, 0.3) is 0 Å². The predicted octanol–water partition coefficient (Wildman–Crippen LogP) is 1.95. The van der Waals surface area contributed by atoms with Crippen LogP contribution in [0, 0.1) is 11.7 Å². The molecule has 0 saturated carbocycles. The Bertz CT molecular complexity index is 1110. The molecule has 0 spiro atoms. The molecule has 1 fully saturated rings. The Balaban J connectivity index is 1.56. The Morgan fingerprint density at radius 2 is 1.85 bits per heavy atom. The van der Waals surface area contributed by atoms with E-state index in [1.54, 1.807) is 23.1 Å². The summed E-state index contributed by atoms with van der Waals surface area (Å²) in [5.41, 5.74) is 0.787. The number of rotatable bonds is 8. The topological polar surface area (TPSA) is 105 Å². The third-order valence-electron chi connectivity index (χ3n) is 5.77. The van der Waals surface area contributed by atoms with Crippen LogP contribution in [0.3, 0.4) is 0 Å². The lowest BCUT2D eigenvalue weighted by atomic mass is 9.95. The smallest absolute Gasteiger partial charge is 0.253 e. The molecule has 1 aliphatic heterocycles. The fourth-order valence-corrected chi connectivity index (χ4v) is 4.74. The number of hydrogen-bond donors (Lipinski definition) is 2. The number of nitrogens with zero attached hydrogens (tertiary/aromatic N) is 1. The van der Waals surface area contributed by atoms with E-state index in [1.807, 2.05) is 0 Å². The zero-order chi connectivity index (χ0) is 24.0. The normalized spacial score (nSPS) is 14.7. The Kier molecular flexibility index (Phi) is 8.04. The summed E-state index contributed by atoms with van der Waals surface area (Å²) >= 11 is 0. The Labute approximate surface area is 193 Å². The van der Waals surface area contributed by atoms with Crippen LogP contribution in [0.4, 0.5) is 4.39 Å². The number of sulfonamides is 1. The highest BCUT2D eigenvalue weighted by molar-refractivity contribution is 7.89. The number of benzene rings is 2. The van der Waals surface area contributed by atoms with E-state index in [1.165, 1.54) is 38.4 Å². The van der Waals surface area contributed by atoms with Gasteiger partial charge in [-0.1, -0.05) is 18.2 Å². The molecular formula is C23H28FN3O5S. The van der Waals surface area contributed by atoms with Gasteiger partial charge < -0.3 is 15.0 Å². The molecule has 2 amide bonds. The lowest BCUT2D eigenvalue weighted by Crippen LogP contribution is -2.43. The van der Waals surface area contributed by atoms with Crippen molar-refractivity contribution in [1.82, 2.24) is 14.9 Å². The molecule has 33 heavy (non-hydrogen) atoms. The van der Waals surface area contributed by atoms with Gasteiger partial charge in [0.25, 0.3) is 5.91 Å². The van der Waals surface area contributed by atoms with Crippen LogP contribution in [0.5, 0.6) is 5.75 Å². The number of amides is 2. The van der Waals surface area contributed by atoms with Gasteiger partial charge in [0, 0.05) is 31.1 Å². The number of ether oxygens (including phenoxy) is 1. The number of hydrogen-bond acceptors (Lipinski definition) is 5. The lowest BCUT2D eigenvalue weighted by Gasteiger charge is -2.31. The minimum atomic E-state index is -3.80. The van der Waals surface area contributed by atoms with Crippen LogP contribution in [-0.2, 0) is 21.2 Å². The maximum Gasteiger partial charge on any atom is 0.253 e. The molecule has 2 aromatic carbocycles. The summed E-state index contributed by atoms with van der Waals surface area (Å²) in [6.07, 6.45) is 1.40. The summed E-state index contributed by atoms with van der Waals surface area (Å²) in [6.45, 7) is 1.10. The molecule has 0 bridgehead atoms. The van der Waals surface area contributed by atoms with Gasteiger partial charge in [-0.05, 0) is 56.1 Å². The minimum absolute atomic E-state index is 0.106. The second-order valence-electron chi connectivity index (χ2n) is 7.77. The number of methoxy groups -OCH3 is 1. The summed E-state index contributed by atoms with van der Waals surface area (Å²) in [5, 5.41) is 2.85. The quantitative estimate of drug-likeness (QED) is 0.605. The molecular weight excluding hydrogens is 449 g/mol. The monoisotopic (exact) mass is 477 g/mol. The van der Waals surface area contributed by atoms with E-state index in [0.29, 0.717) is 44.5 Å². The Morgan fingerprint density at radius 3 is 2.48 bits per heavy atom. The number of halogens is 1. The average Bonchev–Trinajstić information content (AvgIpc) is 2.84. The van der Waals surface area contributed by atoms with E-state index >= 15 is 0 Å². The third-order valence-corrected chi connectivity index (χ3v) is 7.21. The van der Waals surface area contributed by atoms with Gasteiger partial charge in [-0.2, -0.15) is 0 Å². The second kappa shape index (κ2) is 10.8. The summed E-state index contributed by atoms with van der Waals surface area (Å²) in [6, 6.07) is 10.7. The van der Waals surface area contributed by atoms with Crippen molar-refractivity contribution in [1.29, 1.82) is 0 Å². The Hall–Kier alpha value is -2.98. The van der Waals surface area contributed by atoms with Crippen molar-refractivity contribution in [2.24, 2.45) is 5.92 Å². The summed E-state index contributed by atoms with van der Waals surface area (Å²) in [7, 11) is -1.16. The van der Waals surface area contributed by atoms with Crippen LogP contribution in [0.2, 0.25) is 0 Å². The molecule has 2 N–H and O–H groups in total. The van der Waals surface area contributed by atoms with E-state index < -0.39 is 10.0 Å². The van der Waals surface area contributed by atoms with E-state index in [2.05, 4.69) is 10.0 Å². The minimum Gasteiger partial charge on any atom is -0.495 e. The largest absolute Gasteiger partial charge is 0.495 e. The molecule has 1 aliphatic rings. The number of piperidine rings is 1. The van der Waals surface area contributed by atoms with E-state index in [4.69, 9.17) is 4.74 Å². The van der Waals surface area contributed by atoms with Crippen molar-refractivity contribution >= 4 is 21.8 Å². The van der Waals surface area contributed by atoms with Crippen molar-refractivity contribution in [3.05, 3.63) is 59.4 Å². The third kappa shape index (κ3) is 5.88. The van der Waals surface area contributed by atoms with Gasteiger partial charge in [-0.15, -0.1) is 0 Å². The van der Waals surface area contributed by atoms with Gasteiger partial charge in [0.15, 0.2) is 0 Å². The van der Waals surface area contributed by atoms with E-state index in [0.717, 1.165) is 0 Å². The number of likely N-dealkylation sites (tertiary alicyclic amines) is 1. The molecule has 2 aromatic rings. The highest BCUT2D eigenvalue weighted by Gasteiger charge is 2.29. The first-order chi connectivity index (χ1) is 15.8. The summed E-state index contributed by atoms with van der Waals surface area (Å²) in [4.78, 5) is 26.9. The molecule has 0 radical (unpaired) electrons. The van der Waals surface area contributed by atoms with Crippen LogP contribution in [-0.4, -0.2) is 58.9 Å². The van der Waals surface area contributed by atoms with Crippen LogP contribution < -0.4 is 14.8 Å². The zero-order valence-corrected chi connectivity index (χ0v) is 19.5. The average molecular weight is 478 g/mol. The number of carbonyl (C=O) groups is 2. The van der Waals surface area contributed by atoms with Crippen LogP contribution >= 0.6 is 0 Å². The van der Waals surface area contributed by atoms with Crippen molar-refractivity contribution in [2.75, 3.05) is 33.8 Å². The summed E-state index contributed by atoms with van der Waals surface area (Å²) in [5.74, 6) is -0.783. The molecule has 0 aromatic heterocycles. The van der Waals surface area contributed by atoms with Gasteiger partial charge in [0.05, 0.1) is 7.11 Å².